The zero-order chi connectivity index (χ0) is 16.7. The fourth-order valence-electron chi connectivity index (χ4n) is 1.52. The molecule has 0 saturated heterocycles. The second-order valence-electron chi connectivity index (χ2n) is 4.23. The van der Waals surface area contributed by atoms with Crippen LogP contribution in [0.3, 0.4) is 0 Å². The zero-order valence-electron chi connectivity index (χ0n) is 11.7. The van der Waals surface area contributed by atoms with Crippen LogP contribution in [0.4, 0.5) is 0 Å². The van der Waals surface area contributed by atoms with Gasteiger partial charge in [0, 0.05) is 18.7 Å². The normalized spacial score (nSPS) is 10.3. The van der Waals surface area contributed by atoms with Gasteiger partial charge in [0.05, 0.1) is 15.8 Å². The van der Waals surface area contributed by atoms with Crippen molar-refractivity contribution < 1.29 is 9.59 Å². The molecule has 2 rings (SSSR count). The smallest absolute Gasteiger partial charge is 0.251 e. The molecule has 0 saturated carbocycles. The fourth-order valence-corrected chi connectivity index (χ4v) is 3.14. The Morgan fingerprint density at radius 3 is 2.65 bits per heavy atom. The van der Waals surface area contributed by atoms with Gasteiger partial charge in [0.15, 0.2) is 4.34 Å². The molecule has 2 amide bonds. The fraction of sp³-hybridized carbons (Fsp3) is 0.231. The molecule has 0 fully saturated rings. The predicted molar refractivity (Wildman–Crippen MR) is 92.4 cm³/mol. The van der Waals surface area contributed by atoms with Crippen LogP contribution in [-0.2, 0) is 4.79 Å². The highest BCUT2D eigenvalue weighted by molar-refractivity contribution is 8.01. The SMILES string of the molecule is O=C(CSc1nncs1)NCCNC(=O)c1ccc(Cl)c(Cl)c1. The Balaban J connectivity index is 1.65. The summed E-state index contributed by atoms with van der Waals surface area (Å²) in [5.41, 5.74) is 2.02. The first-order valence-corrected chi connectivity index (χ1v) is 9.07. The molecule has 0 aliphatic heterocycles. The molecule has 0 atom stereocenters. The van der Waals surface area contributed by atoms with Gasteiger partial charge in [-0.15, -0.1) is 10.2 Å². The number of nitrogens with zero attached hydrogens (tertiary/aromatic N) is 2. The van der Waals surface area contributed by atoms with Crippen molar-refractivity contribution in [1.82, 2.24) is 20.8 Å². The van der Waals surface area contributed by atoms with Gasteiger partial charge in [0.2, 0.25) is 5.91 Å². The molecule has 1 heterocycles. The van der Waals surface area contributed by atoms with Crippen molar-refractivity contribution in [2.45, 2.75) is 4.34 Å². The topological polar surface area (TPSA) is 84.0 Å². The Hall–Kier alpha value is -1.35. The lowest BCUT2D eigenvalue weighted by Crippen LogP contribution is -2.35. The molecule has 0 bridgehead atoms. The number of amides is 2. The van der Waals surface area contributed by atoms with Crippen LogP contribution in [0.15, 0.2) is 28.0 Å². The highest BCUT2D eigenvalue weighted by Crippen LogP contribution is 2.22. The molecule has 0 aliphatic carbocycles. The number of hydrogen-bond acceptors (Lipinski definition) is 6. The van der Waals surface area contributed by atoms with Crippen LogP contribution in [0.2, 0.25) is 10.0 Å². The van der Waals surface area contributed by atoms with E-state index in [0.29, 0.717) is 28.7 Å². The third-order valence-electron chi connectivity index (χ3n) is 2.58. The van der Waals surface area contributed by atoms with E-state index < -0.39 is 0 Å². The van der Waals surface area contributed by atoms with Crippen LogP contribution in [0.1, 0.15) is 10.4 Å². The molecule has 6 nitrogen and oxygen atoms in total. The summed E-state index contributed by atoms with van der Waals surface area (Å²) in [5.74, 6) is -0.148. The van der Waals surface area contributed by atoms with Crippen molar-refractivity contribution in [3.05, 3.63) is 39.3 Å². The van der Waals surface area contributed by atoms with Gasteiger partial charge in [-0.05, 0) is 18.2 Å². The summed E-state index contributed by atoms with van der Waals surface area (Å²) in [6.07, 6.45) is 0. The third-order valence-corrected chi connectivity index (χ3v) is 5.18. The van der Waals surface area contributed by atoms with Crippen LogP contribution in [0.5, 0.6) is 0 Å². The van der Waals surface area contributed by atoms with Crippen molar-refractivity contribution in [3.8, 4) is 0 Å². The number of thioether (sulfide) groups is 1. The number of rotatable bonds is 7. The first-order chi connectivity index (χ1) is 11.1. The van der Waals surface area contributed by atoms with Gasteiger partial charge in [-0.2, -0.15) is 0 Å². The summed E-state index contributed by atoms with van der Waals surface area (Å²) < 4.78 is 0.744. The average molecular weight is 391 g/mol. The number of hydrogen-bond donors (Lipinski definition) is 2. The first kappa shape index (κ1) is 18.0. The molecular weight excluding hydrogens is 379 g/mol. The van der Waals surface area contributed by atoms with Crippen molar-refractivity contribution in [2.24, 2.45) is 0 Å². The number of aromatic nitrogens is 2. The monoisotopic (exact) mass is 390 g/mol. The highest BCUT2D eigenvalue weighted by Gasteiger charge is 2.08. The van der Waals surface area contributed by atoms with Gasteiger partial charge in [0.1, 0.15) is 5.51 Å². The number of carbonyl (C=O) groups is 2. The van der Waals surface area contributed by atoms with E-state index in [4.69, 9.17) is 23.2 Å². The number of halogens is 2. The molecule has 0 unspecified atom stereocenters. The van der Waals surface area contributed by atoms with E-state index in [-0.39, 0.29) is 17.6 Å². The highest BCUT2D eigenvalue weighted by atomic mass is 35.5. The molecular formula is C13H12Cl2N4O2S2. The molecule has 1 aromatic heterocycles. The maximum atomic E-state index is 11.9. The minimum absolute atomic E-state index is 0.131. The summed E-state index contributed by atoms with van der Waals surface area (Å²) in [7, 11) is 0. The van der Waals surface area contributed by atoms with E-state index in [1.54, 1.807) is 17.6 Å². The summed E-state index contributed by atoms with van der Waals surface area (Å²) in [6, 6.07) is 4.64. The molecule has 10 heteroatoms. The minimum atomic E-state index is -0.277. The lowest BCUT2D eigenvalue weighted by Gasteiger charge is -2.07. The standard InChI is InChI=1S/C13H12Cl2N4O2S2/c14-9-2-1-8(5-10(9)15)12(21)17-4-3-16-11(20)6-22-13-19-18-7-23-13/h1-2,5,7H,3-4,6H2,(H,16,20)(H,17,21). The van der Waals surface area contributed by atoms with E-state index in [1.807, 2.05) is 0 Å². The second kappa shape index (κ2) is 9.07. The molecule has 122 valence electrons. The molecule has 2 N–H and O–H groups in total. The van der Waals surface area contributed by atoms with Crippen LogP contribution < -0.4 is 10.6 Å². The Labute approximate surface area is 151 Å². The van der Waals surface area contributed by atoms with Crippen molar-refractivity contribution in [2.75, 3.05) is 18.8 Å². The van der Waals surface area contributed by atoms with E-state index in [1.165, 1.54) is 29.2 Å². The molecule has 1 aromatic carbocycles. The summed E-state index contributed by atoms with van der Waals surface area (Å²) >= 11 is 14.3. The van der Waals surface area contributed by atoms with Gasteiger partial charge in [-0.1, -0.05) is 46.3 Å². The molecule has 2 aromatic rings. The number of nitrogens with one attached hydrogen (secondary N) is 2. The first-order valence-electron chi connectivity index (χ1n) is 6.45. The lowest BCUT2D eigenvalue weighted by molar-refractivity contribution is -0.118. The van der Waals surface area contributed by atoms with Gasteiger partial charge in [-0.3, -0.25) is 9.59 Å². The van der Waals surface area contributed by atoms with E-state index >= 15 is 0 Å². The summed E-state index contributed by atoms with van der Waals surface area (Å²) in [5, 5.41) is 13.6. The van der Waals surface area contributed by atoms with Gasteiger partial charge in [0.25, 0.3) is 5.91 Å². The van der Waals surface area contributed by atoms with Crippen molar-refractivity contribution in [1.29, 1.82) is 0 Å². The van der Waals surface area contributed by atoms with Crippen LogP contribution >= 0.6 is 46.3 Å². The van der Waals surface area contributed by atoms with Crippen molar-refractivity contribution in [3.63, 3.8) is 0 Å². The zero-order valence-corrected chi connectivity index (χ0v) is 14.9. The Bertz CT molecular complexity index is 683. The summed E-state index contributed by atoms with van der Waals surface area (Å²) in [6.45, 7) is 0.650. The maximum absolute atomic E-state index is 11.9. The molecule has 0 spiro atoms. The van der Waals surface area contributed by atoms with Gasteiger partial charge >= 0.3 is 0 Å². The average Bonchev–Trinajstić information content (AvgIpc) is 3.05. The van der Waals surface area contributed by atoms with Crippen LogP contribution in [-0.4, -0.2) is 40.9 Å². The summed E-state index contributed by atoms with van der Waals surface area (Å²) in [4.78, 5) is 23.5. The van der Waals surface area contributed by atoms with E-state index in [9.17, 15) is 9.59 Å². The Kier molecular flexibility index (Phi) is 7.10. The Morgan fingerprint density at radius 1 is 1.17 bits per heavy atom. The molecule has 23 heavy (non-hydrogen) atoms. The maximum Gasteiger partial charge on any atom is 0.251 e. The van der Waals surface area contributed by atoms with Crippen LogP contribution in [0.25, 0.3) is 0 Å². The van der Waals surface area contributed by atoms with E-state index in [0.717, 1.165) is 4.34 Å². The quantitative estimate of drug-likeness (QED) is 0.560. The van der Waals surface area contributed by atoms with E-state index in [2.05, 4.69) is 20.8 Å². The predicted octanol–water partition coefficient (Wildman–Crippen LogP) is 2.48. The Morgan fingerprint density at radius 2 is 1.96 bits per heavy atom. The molecule has 0 aliphatic rings. The number of carbonyl (C=O) groups excluding carboxylic acids is 2. The van der Waals surface area contributed by atoms with Gasteiger partial charge < -0.3 is 10.6 Å². The second-order valence-corrected chi connectivity index (χ2v) is 7.10. The minimum Gasteiger partial charge on any atom is -0.354 e. The van der Waals surface area contributed by atoms with Crippen molar-refractivity contribution >= 4 is 58.1 Å². The molecule has 0 radical (unpaired) electrons. The van der Waals surface area contributed by atoms with Gasteiger partial charge in [-0.25, -0.2) is 0 Å². The van der Waals surface area contributed by atoms with Crippen LogP contribution in [0, 0.1) is 0 Å². The number of benzene rings is 1. The largest absolute Gasteiger partial charge is 0.354 e. The lowest BCUT2D eigenvalue weighted by atomic mass is 10.2. The third kappa shape index (κ3) is 5.98.